The first kappa shape index (κ1) is 21.3. The van der Waals surface area contributed by atoms with Crippen LogP contribution in [-0.4, -0.2) is 43.5 Å². The van der Waals surface area contributed by atoms with E-state index in [1.54, 1.807) is 12.0 Å². The van der Waals surface area contributed by atoms with Crippen molar-refractivity contribution in [2.24, 2.45) is 0 Å². The van der Waals surface area contributed by atoms with Gasteiger partial charge in [0, 0.05) is 25.6 Å². The molecule has 0 unspecified atom stereocenters. The van der Waals surface area contributed by atoms with Gasteiger partial charge in [-0.3, -0.25) is 9.59 Å². The van der Waals surface area contributed by atoms with Gasteiger partial charge in [0.2, 0.25) is 11.8 Å². The summed E-state index contributed by atoms with van der Waals surface area (Å²) >= 11 is 0. The number of amides is 2. The quantitative estimate of drug-likeness (QED) is 0.718. The molecule has 0 spiro atoms. The van der Waals surface area contributed by atoms with Crippen molar-refractivity contribution in [3.05, 3.63) is 53.6 Å². The fourth-order valence-corrected chi connectivity index (χ4v) is 2.82. The van der Waals surface area contributed by atoms with Crippen molar-refractivity contribution in [1.82, 2.24) is 4.90 Å². The van der Waals surface area contributed by atoms with Crippen LogP contribution in [0.5, 0.6) is 11.5 Å². The van der Waals surface area contributed by atoms with E-state index in [0.717, 1.165) is 22.6 Å². The van der Waals surface area contributed by atoms with Crippen molar-refractivity contribution < 1.29 is 19.1 Å². The smallest absolute Gasteiger partial charge is 0.226 e. The summed E-state index contributed by atoms with van der Waals surface area (Å²) in [6.07, 6.45) is 0.232. The second kappa shape index (κ2) is 10.3. The van der Waals surface area contributed by atoms with E-state index in [4.69, 9.17) is 9.47 Å². The summed E-state index contributed by atoms with van der Waals surface area (Å²) in [4.78, 5) is 25.8. The summed E-state index contributed by atoms with van der Waals surface area (Å²) in [5, 5.41) is 2.95. The minimum atomic E-state index is -0.111. The second-order valence-corrected chi connectivity index (χ2v) is 6.60. The van der Waals surface area contributed by atoms with E-state index in [9.17, 15) is 9.59 Å². The number of rotatable bonds is 9. The molecular formula is C22H28N2O4. The minimum absolute atomic E-state index is 0.0850. The van der Waals surface area contributed by atoms with Crippen LogP contribution in [0.25, 0.3) is 0 Å². The van der Waals surface area contributed by atoms with E-state index >= 15 is 0 Å². The highest BCUT2D eigenvalue weighted by molar-refractivity contribution is 5.92. The van der Waals surface area contributed by atoms with Crippen molar-refractivity contribution in [2.75, 3.05) is 32.1 Å². The number of benzene rings is 2. The molecule has 1 N–H and O–H groups in total. The van der Waals surface area contributed by atoms with Crippen molar-refractivity contribution in [2.45, 2.75) is 27.2 Å². The fraction of sp³-hybridized carbons (Fsp3) is 0.364. The lowest BCUT2D eigenvalue weighted by Crippen LogP contribution is -2.35. The number of para-hydroxylation sites is 1. The van der Waals surface area contributed by atoms with Crippen molar-refractivity contribution >= 4 is 17.5 Å². The molecule has 0 radical (unpaired) electrons. The molecule has 0 saturated heterocycles. The normalized spacial score (nSPS) is 10.3. The Morgan fingerprint density at radius 2 is 1.57 bits per heavy atom. The maximum absolute atomic E-state index is 12.3. The topological polar surface area (TPSA) is 67.9 Å². The van der Waals surface area contributed by atoms with Crippen LogP contribution in [0, 0.1) is 13.8 Å². The lowest BCUT2D eigenvalue weighted by atomic mass is 10.1. The van der Waals surface area contributed by atoms with Gasteiger partial charge in [-0.1, -0.05) is 18.2 Å². The van der Waals surface area contributed by atoms with Gasteiger partial charge in [-0.25, -0.2) is 0 Å². The van der Waals surface area contributed by atoms with Crippen LogP contribution in [0.1, 0.15) is 24.5 Å². The van der Waals surface area contributed by atoms with Gasteiger partial charge in [0.05, 0.1) is 13.7 Å². The summed E-state index contributed by atoms with van der Waals surface area (Å²) in [7, 11) is 1.61. The van der Waals surface area contributed by atoms with Crippen molar-refractivity contribution in [1.29, 1.82) is 0 Å². The first-order valence-electron chi connectivity index (χ1n) is 9.29. The molecule has 0 fully saturated rings. The van der Waals surface area contributed by atoms with Gasteiger partial charge in [0.1, 0.15) is 18.1 Å². The number of hydrogen-bond donors (Lipinski definition) is 1. The molecule has 28 heavy (non-hydrogen) atoms. The van der Waals surface area contributed by atoms with Crippen LogP contribution in [0.3, 0.4) is 0 Å². The monoisotopic (exact) mass is 384 g/mol. The number of ether oxygens (including phenoxy) is 2. The maximum Gasteiger partial charge on any atom is 0.226 e. The van der Waals surface area contributed by atoms with Crippen LogP contribution in [0.2, 0.25) is 0 Å². The number of carbonyl (C=O) groups is 2. The van der Waals surface area contributed by atoms with Gasteiger partial charge < -0.3 is 19.7 Å². The fourth-order valence-electron chi connectivity index (χ4n) is 2.82. The van der Waals surface area contributed by atoms with Crippen molar-refractivity contribution in [3.63, 3.8) is 0 Å². The second-order valence-electron chi connectivity index (χ2n) is 6.60. The molecule has 2 aromatic rings. The highest BCUT2D eigenvalue weighted by Gasteiger charge is 2.13. The molecule has 6 heteroatoms. The van der Waals surface area contributed by atoms with Gasteiger partial charge in [0.25, 0.3) is 0 Å². The third-order valence-electron chi connectivity index (χ3n) is 4.49. The van der Waals surface area contributed by atoms with Gasteiger partial charge in [-0.05, 0) is 49.2 Å². The Morgan fingerprint density at radius 3 is 2.14 bits per heavy atom. The van der Waals surface area contributed by atoms with Crippen molar-refractivity contribution in [3.8, 4) is 11.5 Å². The van der Waals surface area contributed by atoms with Gasteiger partial charge in [-0.15, -0.1) is 0 Å². The number of nitrogens with zero attached hydrogens (tertiary/aromatic N) is 1. The lowest BCUT2D eigenvalue weighted by molar-refractivity contribution is -0.129. The molecule has 2 rings (SSSR count). The average Bonchev–Trinajstić information content (AvgIpc) is 2.67. The summed E-state index contributed by atoms with van der Waals surface area (Å²) < 4.78 is 10.8. The molecular weight excluding hydrogens is 356 g/mol. The Morgan fingerprint density at radius 1 is 0.964 bits per heavy atom. The molecule has 0 aromatic heterocycles. The van der Waals surface area contributed by atoms with Gasteiger partial charge in [-0.2, -0.15) is 0 Å². The lowest BCUT2D eigenvalue weighted by Gasteiger charge is -2.21. The molecule has 2 aromatic carbocycles. The third-order valence-corrected chi connectivity index (χ3v) is 4.49. The van der Waals surface area contributed by atoms with Crippen LogP contribution in [-0.2, 0) is 9.59 Å². The molecule has 0 heterocycles. The average molecular weight is 384 g/mol. The van der Waals surface area contributed by atoms with E-state index in [0.29, 0.717) is 25.4 Å². The van der Waals surface area contributed by atoms with Gasteiger partial charge >= 0.3 is 0 Å². The number of hydrogen-bond acceptors (Lipinski definition) is 4. The highest BCUT2D eigenvalue weighted by atomic mass is 16.5. The number of anilines is 1. The Balaban J connectivity index is 1.81. The molecule has 0 bridgehead atoms. The molecule has 0 aliphatic rings. The molecule has 0 saturated carbocycles. The Hall–Kier alpha value is -3.02. The highest BCUT2D eigenvalue weighted by Crippen LogP contribution is 2.19. The Labute approximate surface area is 166 Å². The zero-order valence-corrected chi connectivity index (χ0v) is 17.0. The number of carbonyl (C=O) groups excluding carboxylic acids is 2. The molecule has 150 valence electrons. The largest absolute Gasteiger partial charge is 0.497 e. The van der Waals surface area contributed by atoms with E-state index in [1.807, 2.05) is 56.3 Å². The number of nitrogens with one attached hydrogen (secondary N) is 1. The number of aryl methyl sites for hydroxylation is 2. The zero-order chi connectivity index (χ0) is 20.5. The van der Waals surface area contributed by atoms with Crippen LogP contribution < -0.4 is 14.8 Å². The van der Waals surface area contributed by atoms with Crippen LogP contribution >= 0.6 is 0 Å². The van der Waals surface area contributed by atoms with E-state index in [-0.39, 0.29) is 18.2 Å². The zero-order valence-electron chi connectivity index (χ0n) is 17.0. The van der Waals surface area contributed by atoms with Crippen LogP contribution in [0.15, 0.2) is 42.5 Å². The molecule has 0 atom stereocenters. The van der Waals surface area contributed by atoms with E-state index in [1.165, 1.54) is 6.92 Å². The molecule has 0 aliphatic heterocycles. The van der Waals surface area contributed by atoms with E-state index in [2.05, 4.69) is 5.32 Å². The summed E-state index contributed by atoms with van der Waals surface area (Å²) in [5.41, 5.74) is 2.87. The standard InChI is InChI=1S/C22H28N2O4/c1-16-6-5-7-17(2)22(16)23-21(26)12-13-24(18(3)25)14-15-28-20-10-8-19(27-4)9-11-20/h5-11H,12-15H2,1-4H3,(H,23,26). The summed E-state index contributed by atoms with van der Waals surface area (Å²) in [6.45, 7) is 6.53. The number of methoxy groups -OCH3 is 1. The maximum atomic E-state index is 12.3. The predicted octanol–water partition coefficient (Wildman–Crippen LogP) is 3.57. The SMILES string of the molecule is COc1ccc(OCCN(CCC(=O)Nc2c(C)cccc2C)C(C)=O)cc1. The molecule has 2 amide bonds. The Bertz CT molecular complexity index is 782. The van der Waals surface area contributed by atoms with Crippen LogP contribution in [0.4, 0.5) is 5.69 Å². The predicted molar refractivity (Wildman–Crippen MR) is 110 cm³/mol. The minimum Gasteiger partial charge on any atom is -0.497 e. The Kier molecular flexibility index (Phi) is 7.87. The third kappa shape index (κ3) is 6.30. The first-order valence-corrected chi connectivity index (χ1v) is 9.29. The molecule has 6 nitrogen and oxygen atoms in total. The summed E-state index contributed by atoms with van der Waals surface area (Å²) in [5.74, 6) is 1.27. The van der Waals surface area contributed by atoms with E-state index < -0.39 is 0 Å². The van der Waals surface area contributed by atoms with Gasteiger partial charge in [0.15, 0.2) is 0 Å². The first-order chi connectivity index (χ1) is 13.4. The summed E-state index contributed by atoms with van der Waals surface area (Å²) in [6, 6.07) is 13.1. The molecule has 0 aliphatic carbocycles.